The van der Waals surface area contributed by atoms with Gasteiger partial charge in [0.15, 0.2) is 0 Å². The summed E-state index contributed by atoms with van der Waals surface area (Å²) in [6, 6.07) is 2.86. The van der Waals surface area contributed by atoms with E-state index in [-0.39, 0.29) is 11.7 Å². The number of benzene rings is 1. The number of ether oxygens (including phenoxy) is 1. The lowest BCUT2D eigenvalue weighted by atomic mass is 9.84. The number of nitro benzene ring substituents is 2. The van der Waals surface area contributed by atoms with E-state index in [0.717, 1.165) is 43.9 Å². The molecule has 0 bridgehead atoms. The maximum absolute atomic E-state index is 12.2. The molecule has 136 valence electrons. The number of esters is 1. The normalized spacial score (nSPS) is 20.0. The summed E-state index contributed by atoms with van der Waals surface area (Å²) >= 11 is 0. The highest BCUT2D eigenvalue weighted by atomic mass is 16.6. The lowest BCUT2D eigenvalue weighted by Crippen LogP contribution is -2.24. The summed E-state index contributed by atoms with van der Waals surface area (Å²) < 4.78 is 5.42. The molecule has 1 aromatic rings. The van der Waals surface area contributed by atoms with Crippen molar-refractivity contribution < 1.29 is 19.4 Å². The summed E-state index contributed by atoms with van der Waals surface area (Å²) in [5, 5.41) is 21.8. The van der Waals surface area contributed by atoms with Gasteiger partial charge in [-0.25, -0.2) is 4.79 Å². The molecule has 0 N–H and O–H groups in total. The molecular weight excluding hydrogens is 328 g/mol. The molecule has 0 aromatic heterocycles. The maximum atomic E-state index is 12.2. The Hall–Kier alpha value is -2.51. The number of nitrogens with zero attached hydrogens (tertiary/aromatic N) is 2. The molecule has 1 aromatic carbocycles. The summed E-state index contributed by atoms with van der Waals surface area (Å²) in [6.07, 6.45) is 6.83. The number of hydrogen-bond acceptors (Lipinski definition) is 6. The van der Waals surface area contributed by atoms with Crippen LogP contribution >= 0.6 is 0 Å². The lowest BCUT2D eigenvalue weighted by Gasteiger charge is -2.28. The smallest absolute Gasteiger partial charge is 0.338 e. The number of non-ortho nitro benzene ring substituents is 2. The zero-order valence-electron chi connectivity index (χ0n) is 14.2. The second kappa shape index (κ2) is 8.55. The van der Waals surface area contributed by atoms with Gasteiger partial charge in [-0.05, 0) is 31.6 Å². The standard InChI is InChI=1S/C17H22N2O6/c1-2-3-4-12-5-7-16(8-6-12)25-17(20)13-9-14(18(21)22)11-15(10-13)19(23)24/h9-12,16H,2-8H2,1H3. The van der Waals surface area contributed by atoms with Gasteiger partial charge in [0.25, 0.3) is 11.4 Å². The van der Waals surface area contributed by atoms with Gasteiger partial charge in [-0.15, -0.1) is 0 Å². The van der Waals surface area contributed by atoms with Gasteiger partial charge in [0, 0.05) is 12.1 Å². The summed E-state index contributed by atoms with van der Waals surface area (Å²) in [5.74, 6) is -0.0855. The van der Waals surface area contributed by atoms with Crippen LogP contribution in [0.1, 0.15) is 62.2 Å². The molecule has 0 amide bonds. The Labute approximate surface area is 145 Å². The van der Waals surface area contributed by atoms with Crippen molar-refractivity contribution in [3.63, 3.8) is 0 Å². The van der Waals surface area contributed by atoms with E-state index in [1.807, 2.05) is 0 Å². The number of carbonyl (C=O) groups is 1. The Bertz CT molecular complexity index is 620. The first-order valence-corrected chi connectivity index (χ1v) is 8.55. The van der Waals surface area contributed by atoms with Crippen LogP contribution in [0.5, 0.6) is 0 Å². The van der Waals surface area contributed by atoms with E-state index in [9.17, 15) is 25.0 Å². The zero-order valence-corrected chi connectivity index (χ0v) is 14.2. The first-order valence-electron chi connectivity index (χ1n) is 8.55. The van der Waals surface area contributed by atoms with Crippen molar-refractivity contribution in [2.75, 3.05) is 0 Å². The molecule has 0 spiro atoms. The third-order valence-electron chi connectivity index (χ3n) is 4.59. The molecule has 1 aliphatic rings. The molecule has 1 fully saturated rings. The second-order valence-corrected chi connectivity index (χ2v) is 6.44. The fourth-order valence-corrected chi connectivity index (χ4v) is 3.17. The van der Waals surface area contributed by atoms with Crippen molar-refractivity contribution >= 4 is 17.3 Å². The Morgan fingerprint density at radius 3 is 2.12 bits per heavy atom. The summed E-state index contributed by atoms with van der Waals surface area (Å²) in [6.45, 7) is 2.16. The van der Waals surface area contributed by atoms with Crippen molar-refractivity contribution in [1.82, 2.24) is 0 Å². The van der Waals surface area contributed by atoms with Crippen molar-refractivity contribution in [1.29, 1.82) is 0 Å². The van der Waals surface area contributed by atoms with Crippen LogP contribution in [0.4, 0.5) is 11.4 Å². The molecule has 0 atom stereocenters. The first-order chi connectivity index (χ1) is 11.9. The average molecular weight is 350 g/mol. The Morgan fingerprint density at radius 2 is 1.64 bits per heavy atom. The van der Waals surface area contributed by atoms with Crippen LogP contribution in [-0.4, -0.2) is 21.9 Å². The molecule has 8 nitrogen and oxygen atoms in total. The Morgan fingerprint density at radius 1 is 1.08 bits per heavy atom. The summed E-state index contributed by atoms with van der Waals surface area (Å²) in [7, 11) is 0. The molecule has 1 saturated carbocycles. The van der Waals surface area contributed by atoms with Gasteiger partial charge in [-0.3, -0.25) is 20.2 Å². The van der Waals surface area contributed by atoms with E-state index < -0.39 is 27.2 Å². The zero-order chi connectivity index (χ0) is 18.4. The van der Waals surface area contributed by atoms with E-state index in [1.165, 1.54) is 19.3 Å². The predicted molar refractivity (Wildman–Crippen MR) is 90.4 cm³/mol. The highest BCUT2D eigenvalue weighted by Crippen LogP contribution is 2.31. The number of nitro groups is 2. The van der Waals surface area contributed by atoms with Gasteiger partial charge in [-0.1, -0.05) is 26.2 Å². The maximum Gasteiger partial charge on any atom is 0.338 e. The van der Waals surface area contributed by atoms with Crippen LogP contribution < -0.4 is 0 Å². The second-order valence-electron chi connectivity index (χ2n) is 6.44. The Kier molecular flexibility index (Phi) is 6.44. The van der Waals surface area contributed by atoms with Crippen molar-refractivity contribution in [3.05, 3.63) is 44.0 Å². The molecule has 8 heteroatoms. The predicted octanol–water partition coefficient (Wildman–Crippen LogP) is 4.41. The number of hydrogen-bond donors (Lipinski definition) is 0. The Balaban J connectivity index is 2.01. The largest absolute Gasteiger partial charge is 0.459 e. The number of carbonyl (C=O) groups excluding carboxylic acids is 1. The van der Waals surface area contributed by atoms with Gasteiger partial charge in [0.1, 0.15) is 6.10 Å². The fourth-order valence-electron chi connectivity index (χ4n) is 3.17. The quantitative estimate of drug-likeness (QED) is 0.409. The molecule has 0 saturated heterocycles. The minimum atomic E-state index is -0.761. The van der Waals surface area contributed by atoms with Crippen molar-refractivity contribution in [2.24, 2.45) is 5.92 Å². The molecule has 0 unspecified atom stereocenters. The van der Waals surface area contributed by atoms with Crippen molar-refractivity contribution in [2.45, 2.75) is 58.0 Å². The minimum Gasteiger partial charge on any atom is -0.459 e. The molecular formula is C17H22N2O6. The van der Waals surface area contributed by atoms with Crippen LogP contribution in [0.15, 0.2) is 18.2 Å². The lowest BCUT2D eigenvalue weighted by molar-refractivity contribution is -0.394. The van der Waals surface area contributed by atoms with E-state index in [1.54, 1.807) is 0 Å². The van der Waals surface area contributed by atoms with Gasteiger partial charge < -0.3 is 4.74 Å². The number of rotatable bonds is 7. The van der Waals surface area contributed by atoms with Gasteiger partial charge in [-0.2, -0.15) is 0 Å². The van der Waals surface area contributed by atoms with E-state index in [2.05, 4.69) is 6.92 Å². The van der Waals surface area contributed by atoms with Gasteiger partial charge >= 0.3 is 5.97 Å². The van der Waals surface area contributed by atoms with Crippen LogP contribution in [-0.2, 0) is 4.74 Å². The SMILES string of the molecule is CCCCC1CCC(OC(=O)c2cc([N+](=O)[O-])cc([N+](=O)[O-])c2)CC1. The van der Waals surface area contributed by atoms with Gasteiger partial charge in [0.2, 0.25) is 0 Å². The van der Waals surface area contributed by atoms with Crippen LogP contribution in [0.3, 0.4) is 0 Å². The topological polar surface area (TPSA) is 113 Å². The fraction of sp³-hybridized carbons (Fsp3) is 0.588. The molecule has 25 heavy (non-hydrogen) atoms. The molecule has 0 heterocycles. The van der Waals surface area contributed by atoms with Crippen LogP contribution in [0.25, 0.3) is 0 Å². The molecule has 1 aliphatic carbocycles. The first kappa shape index (κ1) is 18.8. The van der Waals surface area contributed by atoms with Crippen LogP contribution in [0, 0.1) is 26.1 Å². The molecule has 2 rings (SSSR count). The third kappa shape index (κ3) is 5.23. The summed E-state index contributed by atoms with van der Waals surface area (Å²) in [4.78, 5) is 32.5. The monoisotopic (exact) mass is 350 g/mol. The van der Waals surface area contributed by atoms with E-state index in [4.69, 9.17) is 4.74 Å². The average Bonchev–Trinajstić information content (AvgIpc) is 2.60. The van der Waals surface area contributed by atoms with E-state index in [0.29, 0.717) is 5.92 Å². The highest BCUT2D eigenvalue weighted by molar-refractivity contribution is 5.91. The third-order valence-corrected chi connectivity index (χ3v) is 4.59. The summed E-state index contributed by atoms with van der Waals surface area (Å²) in [5.41, 5.74) is -1.15. The van der Waals surface area contributed by atoms with Crippen LogP contribution in [0.2, 0.25) is 0 Å². The molecule has 0 aliphatic heterocycles. The van der Waals surface area contributed by atoms with Gasteiger partial charge in [0.05, 0.1) is 21.5 Å². The van der Waals surface area contributed by atoms with E-state index >= 15 is 0 Å². The molecule has 0 radical (unpaired) electrons. The van der Waals surface area contributed by atoms with Crippen molar-refractivity contribution in [3.8, 4) is 0 Å². The minimum absolute atomic E-state index is 0.158. The highest BCUT2D eigenvalue weighted by Gasteiger charge is 2.26. The number of unbranched alkanes of at least 4 members (excludes halogenated alkanes) is 1.